The SMILES string of the molecule is COc1ccc(Br)c(Br)c1.COc1ccc(N)c(N)c1. The van der Waals surface area contributed by atoms with Crippen molar-refractivity contribution in [2.75, 3.05) is 25.7 Å². The molecule has 4 N–H and O–H groups in total. The van der Waals surface area contributed by atoms with Crippen LogP contribution >= 0.6 is 31.9 Å². The normalized spacial score (nSPS) is 9.40. The first kappa shape index (κ1) is 16.7. The van der Waals surface area contributed by atoms with Gasteiger partial charge >= 0.3 is 0 Å². The molecule has 20 heavy (non-hydrogen) atoms. The Labute approximate surface area is 135 Å². The molecule has 0 spiro atoms. The molecular weight excluding hydrogens is 388 g/mol. The van der Waals surface area contributed by atoms with Crippen LogP contribution in [0.15, 0.2) is 45.3 Å². The van der Waals surface area contributed by atoms with E-state index in [0.29, 0.717) is 11.4 Å². The highest BCUT2D eigenvalue weighted by molar-refractivity contribution is 9.13. The fourth-order valence-corrected chi connectivity index (χ4v) is 1.89. The van der Waals surface area contributed by atoms with Crippen molar-refractivity contribution in [2.24, 2.45) is 0 Å². The lowest BCUT2D eigenvalue weighted by atomic mass is 10.2. The van der Waals surface area contributed by atoms with E-state index in [1.807, 2.05) is 18.2 Å². The third kappa shape index (κ3) is 4.94. The number of hydrogen-bond donors (Lipinski definition) is 2. The second kappa shape index (κ2) is 8.01. The second-order valence-corrected chi connectivity index (χ2v) is 5.48. The van der Waals surface area contributed by atoms with Crippen LogP contribution in [0.25, 0.3) is 0 Å². The van der Waals surface area contributed by atoms with Crippen molar-refractivity contribution in [3.8, 4) is 11.5 Å². The summed E-state index contributed by atoms with van der Waals surface area (Å²) in [6.45, 7) is 0. The van der Waals surface area contributed by atoms with Crippen molar-refractivity contribution in [2.45, 2.75) is 0 Å². The molecule has 6 heteroatoms. The molecule has 4 nitrogen and oxygen atoms in total. The van der Waals surface area contributed by atoms with Gasteiger partial charge in [-0.15, -0.1) is 0 Å². The zero-order valence-electron chi connectivity index (χ0n) is 11.2. The monoisotopic (exact) mass is 402 g/mol. The van der Waals surface area contributed by atoms with Crippen molar-refractivity contribution < 1.29 is 9.47 Å². The van der Waals surface area contributed by atoms with E-state index < -0.39 is 0 Å². The summed E-state index contributed by atoms with van der Waals surface area (Å²) >= 11 is 6.72. The van der Waals surface area contributed by atoms with E-state index in [1.165, 1.54) is 0 Å². The number of ether oxygens (including phenoxy) is 2. The number of nitrogen functional groups attached to an aromatic ring is 2. The van der Waals surface area contributed by atoms with E-state index >= 15 is 0 Å². The molecule has 0 bridgehead atoms. The zero-order chi connectivity index (χ0) is 15.1. The van der Waals surface area contributed by atoms with Crippen LogP contribution in [0.2, 0.25) is 0 Å². The lowest BCUT2D eigenvalue weighted by Crippen LogP contribution is -1.94. The highest BCUT2D eigenvalue weighted by Gasteiger charge is 1.96. The summed E-state index contributed by atoms with van der Waals surface area (Å²) in [7, 11) is 3.24. The molecule has 0 saturated heterocycles. The van der Waals surface area contributed by atoms with Crippen LogP contribution in [-0.4, -0.2) is 14.2 Å². The van der Waals surface area contributed by atoms with E-state index in [2.05, 4.69) is 31.9 Å². The van der Waals surface area contributed by atoms with Crippen LogP contribution in [0.5, 0.6) is 11.5 Å². The van der Waals surface area contributed by atoms with Crippen LogP contribution < -0.4 is 20.9 Å². The van der Waals surface area contributed by atoms with Gasteiger partial charge in [0, 0.05) is 15.0 Å². The largest absolute Gasteiger partial charge is 0.497 e. The third-order valence-corrected chi connectivity index (χ3v) is 4.30. The Morgan fingerprint density at radius 3 is 1.80 bits per heavy atom. The Hall–Kier alpha value is -1.40. The molecule has 0 aliphatic heterocycles. The maximum Gasteiger partial charge on any atom is 0.121 e. The molecule has 0 radical (unpaired) electrons. The van der Waals surface area contributed by atoms with Gasteiger partial charge in [-0.3, -0.25) is 0 Å². The topological polar surface area (TPSA) is 70.5 Å². The minimum absolute atomic E-state index is 0.555. The lowest BCUT2D eigenvalue weighted by molar-refractivity contribution is 0.414. The fourth-order valence-electron chi connectivity index (χ4n) is 1.28. The average molecular weight is 404 g/mol. The Kier molecular flexibility index (Phi) is 6.67. The average Bonchev–Trinajstić information content (AvgIpc) is 2.45. The quantitative estimate of drug-likeness (QED) is 0.741. The molecule has 2 aromatic carbocycles. The molecule has 0 fully saturated rings. The number of halogens is 2. The minimum atomic E-state index is 0.555. The van der Waals surface area contributed by atoms with E-state index in [1.54, 1.807) is 32.4 Å². The van der Waals surface area contributed by atoms with E-state index in [0.717, 1.165) is 20.4 Å². The maximum absolute atomic E-state index is 5.49. The Morgan fingerprint density at radius 1 is 0.750 bits per heavy atom. The van der Waals surface area contributed by atoms with Gasteiger partial charge in [0.25, 0.3) is 0 Å². The molecule has 0 aliphatic rings. The predicted molar refractivity (Wildman–Crippen MR) is 90.2 cm³/mol. The molecule has 0 atom stereocenters. The Morgan fingerprint density at radius 2 is 1.30 bits per heavy atom. The molecule has 2 aromatic rings. The van der Waals surface area contributed by atoms with E-state index in [4.69, 9.17) is 20.9 Å². The summed E-state index contributed by atoms with van der Waals surface area (Å²) in [5, 5.41) is 0. The van der Waals surface area contributed by atoms with Gasteiger partial charge < -0.3 is 20.9 Å². The van der Waals surface area contributed by atoms with Gasteiger partial charge in [0.1, 0.15) is 11.5 Å². The van der Waals surface area contributed by atoms with Crippen LogP contribution in [0.1, 0.15) is 0 Å². The molecule has 0 amide bonds. The summed E-state index contributed by atoms with van der Waals surface area (Å²) in [5.74, 6) is 1.58. The number of hydrogen-bond acceptors (Lipinski definition) is 4. The van der Waals surface area contributed by atoms with E-state index in [-0.39, 0.29) is 0 Å². The highest BCUT2D eigenvalue weighted by atomic mass is 79.9. The lowest BCUT2D eigenvalue weighted by Gasteiger charge is -2.02. The van der Waals surface area contributed by atoms with Crippen LogP contribution in [0.4, 0.5) is 11.4 Å². The summed E-state index contributed by atoms with van der Waals surface area (Å²) in [5.41, 5.74) is 12.1. The van der Waals surface area contributed by atoms with Gasteiger partial charge in [-0.2, -0.15) is 0 Å². The van der Waals surface area contributed by atoms with Gasteiger partial charge in [-0.05, 0) is 62.2 Å². The molecule has 0 aromatic heterocycles. The molecule has 0 unspecified atom stereocenters. The maximum atomic E-state index is 5.49. The molecule has 2 rings (SSSR count). The van der Waals surface area contributed by atoms with Crippen molar-refractivity contribution >= 4 is 43.2 Å². The first-order valence-electron chi connectivity index (χ1n) is 5.66. The van der Waals surface area contributed by atoms with Crippen molar-refractivity contribution in [3.63, 3.8) is 0 Å². The minimum Gasteiger partial charge on any atom is -0.497 e. The van der Waals surface area contributed by atoms with Crippen molar-refractivity contribution in [1.29, 1.82) is 0 Å². The highest BCUT2D eigenvalue weighted by Crippen LogP contribution is 2.26. The first-order chi connectivity index (χ1) is 9.47. The Bertz CT molecular complexity index is 526. The summed E-state index contributed by atoms with van der Waals surface area (Å²) < 4.78 is 12.0. The molecule has 108 valence electrons. The summed E-state index contributed by atoms with van der Waals surface area (Å²) in [4.78, 5) is 0. The van der Waals surface area contributed by atoms with Crippen molar-refractivity contribution in [1.82, 2.24) is 0 Å². The Balaban J connectivity index is 0.000000200. The summed E-state index contributed by atoms with van der Waals surface area (Å²) in [6, 6.07) is 10.9. The number of benzene rings is 2. The van der Waals surface area contributed by atoms with Gasteiger partial charge in [0.15, 0.2) is 0 Å². The number of anilines is 2. The van der Waals surface area contributed by atoms with Crippen LogP contribution in [0, 0.1) is 0 Å². The molecule has 0 aliphatic carbocycles. The van der Waals surface area contributed by atoms with Gasteiger partial charge in [0.05, 0.1) is 25.6 Å². The first-order valence-corrected chi connectivity index (χ1v) is 7.24. The molecule has 0 heterocycles. The number of rotatable bonds is 2. The fraction of sp³-hybridized carbons (Fsp3) is 0.143. The van der Waals surface area contributed by atoms with E-state index in [9.17, 15) is 0 Å². The van der Waals surface area contributed by atoms with Gasteiger partial charge in [-0.1, -0.05) is 0 Å². The zero-order valence-corrected chi connectivity index (χ0v) is 14.4. The number of methoxy groups -OCH3 is 2. The van der Waals surface area contributed by atoms with Crippen molar-refractivity contribution in [3.05, 3.63) is 45.3 Å². The summed E-state index contributed by atoms with van der Waals surface area (Å²) in [6.07, 6.45) is 0. The van der Waals surface area contributed by atoms with Crippen LogP contribution in [0.3, 0.4) is 0 Å². The van der Waals surface area contributed by atoms with Gasteiger partial charge in [0.2, 0.25) is 0 Å². The second-order valence-electron chi connectivity index (χ2n) is 3.77. The number of nitrogens with two attached hydrogens (primary N) is 2. The third-order valence-electron chi connectivity index (χ3n) is 2.42. The van der Waals surface area contributed by atoms with Gasteiger partial charge in [-0.25, -0.2) is 0 Å². The standard InChI is InChI=1S/C7H6Br2O.C7H10N2O/c2*1-10-5-2-3-6(8)7(9)4-5/h2-4H,1H3;2-4H,8-9H2,1H3. The predicted octanol–water partition coefficient (Wildman–Crippen LogP) is 4.08. The molecular formula is C14H16Br2N2O2. The van der Waals surface area contributed by atoms with Crippen LogP contribution in [-0.2, 0) is 0 Å². The smallest absolute Gasteiger partial charge is 0.121 e. The molecule has 0 saturated carbocycles.